The highest BCUT2D eigenvalue weighted by Gasteiger charge is 2.26. The lowest BCUT2D eigenvalue weighted by Gasteiger charge is -2.28. The Labute approximate surface area is 122 Å². The summed E-state index contributed by atoms with van der Waals surface area (Å²) in [5.74, 6) is 1.14. The lowest BCUT2D eigenvalue weighted by atomic mass is 9.89. The van der Waals surface area contributed by atoms with Crippen molar-refractivity contribution in [3.05, 3.63) is 24.0 Å². The molecular formula is C17H27N3. The number of anilines is 1. The zero-order valence-electron chi connectivity index (χ0n) is 13.6. The SMILES string of the molecule is CCC(C)(C)Cn1c(C(C)(C)C)nc2cc(N)ccc21. The first kappa shape index (κ1) is 14.9. The van der Waals surface area contributed by atoms with E-state index in [0.29, 0.717) is 0 Å². The van der Waals surface area contributed by atoms with Gasteiger partial charge in [-0.3, -0.25) is 0 Å². The molecule has 0 spiro atoms. The summed E-state index contributed by atoms with van der Waals surface area (Å²) in [6.07, 6.45) is 1.14. The van der Waals surface area contributed by atoms with E-state index in [9.17, 15) is 0 Å². The smallest absolute Gasteiger partial charge is 0.115 e. The number of nitrogen functional groups attached to an aromatic ring is 1. The predicted octanol–water partition coefficient (Wildman–Crippen LogP) is 4.35. The molecule has 0 unspecified atom stereocenters. The molecule has 3 heteroatoms. The van der Waals surface area contributed by atoms with E-state index in [-0.39, 0.29) is 10.8 Å². The van der Waals surface area contributed by atoms with Crippen LogP contribution in [0.1, 0.15) is 53.8 Å². The fourth-order valence-electron chi connectivity index (χ4n) is 2.42. The van der Waals surface area contributed by atoms with Crippen LogP contribution in [0.15, 0.2) is 18.2 Å². The van der Waals surface area contributed by atoms with Gasteiger partial charge in [-0.2, -0.15) is 0 Å². The zero-order chi connectivity index (χ0) is 15.1. The van der Waals surface area contributed by atoms with Crippen LogP contribution in [-0.4, -0.2) is 9.55 Å². The number of fused-ring (bicyclic) bond motifs is 1. The van der Waals surface area contributed by atoms with Crippen molar-refractivity contribution < 1.29 is 0 Å². The van der Waals surface area contributed by atoms with Crippen molar-refractivity contribution >= 4 is 16.7 Å². The average molecular weight is 273 g/mol. The van der Waals surface area contributed by atoms with Gasteiger partial charge in [-0.15, -0.1) is 0 Å². The Hall–Kier alpha value is -1.51. The van der Waals surface area contributed by atoms with E-state index in [1.807, 2.05) is 12.1 Å². The molecule has 0 atom stereocenters. The van der Waals surface area contributed by atoms with Crippen LogP contribution < -0.4 is 5.73 Å². The van der Waals surface area contributed by atoms with E-state index >= 15 is 0 Å². The normalized spacial score (nSPS) is 13.1. The Balaban J connectivity index is 2.65. The number of rotatable bonds is 3. The van der Waals surface area contributed by atoms with Crippen molar-refractivity contribution in [1.29, 1.82) is 0 Å². The Kier molecular flexibility index (Phi) is 3.57. The predicted molar refractivity (Wildman–Crippen MR) is 86.9 cm³/mol. The van der Waals surface area contributed by atoms with Crippen LogP contribution in [0.5, 0.6) is 0 Å². The first-order valence-corrected chi connectivity index (χ1v) is 7.40. The zero-order valence-corrected chi connectivity index (χ0v) is 13.6. The van der Waals surface area contributed by atoms with Gasteiger partial charge in [-0.1, -0.05) is 41.5 Å². The van der Waals surface area contributed by atoms with Gasteiger partial charge in [0.2, 0.25) is 0 Å². The molecule has 0 saturated heterocycles. The van der Waals surface area contributed by atoms with Crippen LogP contribution in [0, 0.1) is 5.41 Å². The third kappa shape index (κ3) is 2.82. The number of hydrogen-bond acceptors (Lipinski definition) is 2. The van der Waals surface area contributed by atoms with Gasteiger partial charge >= 0.3 is 0 Å². The molecule has 0 saturated carbocycles. The first-order chi connectivity index (χ1) is 9.14. The minimum Gasteiger partial charge on any atom is -0.399 e. The van der Waals surface area contributed by atoms with E-state index in [2.05, 4.69) is 52.2 Å². The van der Waals surface area contributed by atoms with E-state index < -0.39 is 0 Å². The average Bonchev–Trinajstić information content (AvgIpc) is 2.66. The molecule has 0 aliphatic carbocycles. The van der Waals surface area contributed by atoms with Crippen molar-refractivity contribution in [2.45, 2.75) is 59.9 Å². The summed E-state index contributed by atoms with van der Waals surface area (Å²) >= 11 is 0. The Bertz CT molecular complexity index is 615. The minimum atomic E-state index is 0.0254. The van der Waals surface area contributed by atoms with E-state index in [0.717, 1.165) is 30.0 Å². The number of nitrogens with two attached hydrogens (primary N) is 1. The lowest BCUT2D eigenvalue weighted by Crippen LogP contribution is -2.25. The largest absolute Gasteiger partial charge is 0.399 e. The van der Waals surface area contributed by atoms with Crippen molar-refractivity contribution in [1.82, 2.24) is 9.55 Å². The second kappa shape index (κ2) is 4.80. The molecule has 20 heavy (non-hydrogen) atoms. The van der Waals surface area contributed by atoms with Gasteiger partial charge in [-0.25, -0.2) is 4.98 Å². The summed E-state index contributed by atoms with van der Waals surface area (Å²) in [7, 11) is 0. The van der Waals surface area contributed by atoms with Gasteiger partial charge in [-0.05, 0) is 30.0 Å². The highest BCUT2D eigenvalue weighted by atomic mass is 15.1. The molecule has 0 aliphatic heterocycles. The summed E-state index contributed by atoms with van der Waals surface area (Å²) in [5, 5.41) is 0. The third-order valence-electron chi connectivity index (χ3n) is 3.99. The fourth-order valence-corrected chi connectivity index (χ4v) is 2.42. The first-order valence-electron chi connectivity index (χ1n) is 7.40. The Morgan fingerprint density at radius 2 is 1.80 bits per heavy atom. The minimum absolute atomic E-state index is 0.0254. The second-order valence-electron chi connectivity index (χ2n) is 7.54. The number of benzene rings is 1. The summed E-state index contributed by atoms with van der Waals surface area (Å²) in [5.41, 5.74) is 9.14. The van der Waals surface area contributed by atoms with Crippen LogP contribution in [0.4, 0.5) is 5.69 Å². The van der Waals surface area contributed by atoms with Crippen LogP contribution in [0.25, 0.3) is 11.0 Å². The molecule has 1 heterocycles. The van der Waals surface area contributed by atoms with Crippen LogP contribution in [0.2, 0.25) is 0 Å². The summed E-state index contributed by atoms with van der Waals surface area (Å²) < 4.78 is 2.37. The summed E-state index contributed by atoms with van der Waals surface area (Å²) in [6.45, 7) is 14.5. The van der Waals surface area contributed by atoms with Crippen molar-refractivity contribution in [2.75, 3.05) is 5.73 Å². The quantitative estimate of drug-likeness (QED) is 0.845. The molecule has 0 radical (unpaired) electrons. The molecule has 2 aromatic rings. The molecular weight excluding hydrogens is 246 g/mol. The third-order valence-corrected chi connectivity index (χ3v) is 3.99. The van der Waals surface area contributed by atoms with Crippen LogP contribution in [0.3, 0.4) is 0 Å². The second-order valence-corrected chi connectivity index (χ2v) is 7.54. The number of aromatic nitrogens is 2. The fraction of sp³-hybridized carbons (Fsp3) is 0.588. The van der Waals surface area contributed by atoms with Crippen LogP contribution >= 0.6 is 0 Å². The highest BCUT2D eigenvalue weighted by Crippen LogP contribution is 2.31. The number of imidazole rings is 1. The number of hydrogen-bond donors (Lipinski definition) is 1. The maximum atomic E-state index is 5.90. The van der Waals surface area contributed by atoms with E-state index in [1.54, 1.807) is 0 Å². The molecule has 1 aromatic carbocycles. The standard InChI is InChI=1S/C17H27N3/c1-7-17(5,6)11-20-14-9-8-12(18)10-13(14)19-15(20)16(2,3)4/h8-10H,7,11,18H2,1-6H3. The molecule has 0 bridgehead atoms. The lowest BCUT2D eigenvalue weighted by molar-refractivity contribution is 0.287. The monoisotopic (exact) mass is 273 g/mol. The molecule has 2 rings (SSSR count). The topological polar surface area (TPSA) is 43.8 Å². The van der Waals surface area contributed by atoms with E-state index in [4.69, 9.17) is 10.7 Å². The summed E-state index contributed by atoms with van der Waals surface area (Å²) in [4.78, 5) is 4.85. The van der Waals surface area contributed by atoms with Crippen molar-refractivity contribution in [2.24, 2.45) is 5.41 Å². The van der Waals surface area contributed by atoms with Gasteiger partial charge in [0.15, 0.2) is 0 Å². The Morgan fingerprint density at radius 3 is 2.35 bits per heavy atom. The maximum Gasteiger partial charge on any atom is 0.115 e. The van der Waals surface area contributed by atoms with Gasteiger partial charge in [0, 0.05) is 17.6 Å². The van der Waals surface area contributed by atoms with Gasteiger partial charge < -0.3 is 10.3 Å². The number of nitrogens with zero attached hydrogens (tertiary/aromatic N) is 2. The van der Waals surface area contributed by atoms with Crippen molar-refractivity contribution in [3.63, 3.8) is 0 Å². The molecule has 110 valence electrons. The van der Waals surface area contributed by atoms with E-state index in [1.165, 1.54) is 5.52 Å². The molecule has 3 nitrogen and oxygen atoms in total. The maximum absolute atomic E-state index is 5.90. The molecule has 1 aromatic heterocycles. The highest BCUT2D eigenvalue weighted by molar-refractivity contribution is 5.80. The van der Waals surface area contributed by atoms with Crippen molar-refractivity contribution in [3.8, 4) is 0 Å². The summed E-state index contributed by atoms with van der Waals surface area (Å²) in [6, 6.07) is 6.03. The molecule has 0 fully saturated rings. The van der Waals surface area contributed by atoms with Gasteiger partial charge in [0.05, 0.1) is 11.0 Å². The molecule has 0 aliphatic rings. The van der Waals surface area contributed by atoms with Gasteiger partial charge in [0.1, 0.15) is 5.82 Å². The Morgan fingerprint density at radius 1 is 1.15 bits per heavy atom. The van der Waals surface area contributed by atoms with Gasteiger partial charge in [0.25, 0.3) is 0 Å². The van der Waals surface area contributed by atoms with Crippen LogP contribution in [-0.2, 0) is 12.0 Å². The molecule has 0 amide bonds. The molecule has 2 N–H and O–H groups in total.